The molecule has 0 saturated heterocycles. The third kappa shape index (κ3) is 7.05. The van der Waals surface area contributed by atoms with Crippen LogP contribution in [0.4, 0.5) is 10.1 Å². The number of anilines is 1. The van der Waals surface area contributed by atoms with E-state index in [1.165, 1.54) is 17.0 Å². The average molecular weight is 464 g/mol. The van der Waals surface area contributed by atoms with Crippen molar-refractivity contribution in [1.29, 1.82) is 0 Å². The maximum absolute atomic E-state index is 13.4. The van der Waals surface area contributed by atoms with Gasteiger partial charge in [-0.05, 0) is 42.7 Å². The zero-order valence-electron chi connectivity index (χ0n) is 18.6. The van der Waals surface area contributed by atoms with Gasteiger partial charge < -0.3 is 10.2 Å². The van der Waals surface area contributed by atoms with Gasteiger partial charge in [0.1, 0.15) is 18.4 Å². The molecule has 2 aromatic rings. The summed E-state index contributed by atoms with van der Waals surface area (Å²) in [5, 5.41) is 2.82. The van der Waals surface area contributed by atoms with E-state index in [0.717, 1.165) is 34.7 Å². The third-order valence-electron chi connectivity index (χ3n) is 4.92. The number of nitrogens with zero attached hydrogens (tertiary/aromatic N) is 2. The molecular formula is C23H30FN3O4S. The molecule has 0 fully saturated rings. The quantitative estimate of drug-likeness (QED) is 0.555. The van der Waals surface area contributed by atoms with Crippen LogP contribution in [0.3, 0.4) is 0 Å². The van der Waals surface area contributed by atoms with Gasteiger partial charge in [0.25, 0.3) is 0 Å². The van der Waals surface area contributed by atoms with Gasteiger partial charge in [-0.1, -0.05) is 44.2 Å². The summed E-state index contributed by atoms with van der Waals surface area (Å²) in [6.07, 6.45) is 2.10. The first-order valence-electron chi connectivity index (χ1n) is 10.5. The van der Waals surface area contributed by atoms with Crippen molar-refractivity contribution < 1.29 is 22.4 Å². The van der Waals surface area contributed by atoms with Crippen molar-refractivity contribution in [3.8, 4) is 0 Å². The van der Waals surface area contributed by atoms with Gasteiger partial charge >= 0.3 is 0 Å². The van der Waals surface area contributed by atoms with Gasteiger partial charge in [0.15, 0.2) is 0 Å². The van der Waals surface area contributed by atoms with Crippen LogP contribution in [0.5, 0.6) is 0 Å². The Labute approximate surface area is 189 Å². The van der Waals surface area contributed by atoms with Crippen LogP contribution >= 0.6 is 0 Å². The normalized spacial score (nSPS) is 12.1. The van der Waals surface area contributed by atoms with Crippen LogP contribution in [0.25, 0.3) is 0 Å². The molecule has 0 aliphatic rings. The van der Waals surface area contributed by atoms with Crippen LogP contribution in [0.2, 0.25) is 0 Å². The number of rotatable bonds is 11. The molecule has 9 heteroatoms. The number of benzene rings is 2. The Bertz CT molecular complexity index is 998. The van der Waals surface area contributed by atoms with Gasteiger partial charge in [-0.2, -0.15) is 0 Å². The van der Waals surface area contributed by atoms with Gasteiger partial charge in [-0.25, -0.2) is 12.8 Å². The topological polar surface area (TPSA) is 86.8 Å². The van der Waals surface area contributed by atoms with Gasteiger partial charge in [-0.3, -0.25) is 13.9 Å². The Balaban J connectivity index is 2.38. The van der Waals surface area contributed by atoms with E-state index in [1.54, 1.807) is 6.92 Å². The van der Waals surface area contributed by atoms with E-state index < -0.39 is 34.3 Å². The number of nitrogens with one attached hydrogen (secondary N) is 1. The highest BCUT2D eigenvalue weighted by Gasteiger charge is 2.31. The highest BCUT2D eigenvalue weighted by atomic mass is 32.2. The molecule has 0 spiro atoms. The standard InChI is InChI=1S/C23H30FN3O4S/c1-4-15-25-23(29)21(5-2)26(16-18-9-7-6-8-10-18)22(28)17-27(32(3,30)31)20-13-11-19(24)12-14-20/h6-14,21H,4-5,15-17H2,1-3H3,(H,25,29)/t21-/m0/s1. The second-order valence-corrected chi connectivity index (χ2v) is 9.38. The Hall–Kier alpha value is -2.94. The molecule has 0 bridgehead atoms. The van der Waals surface area contributed by atoms with Gasteiger partial charge in [-0.15, -0.1) is 0 Å². The fourth-order valence-corrected chi connectivity index (χ4v) is 4.14. The number of hydrogen-bond acceptors (Lipinski definition) is 4. The summed E-state index contributed by atoms with van der Waals surface area (Å²) in [5.41, 5.74) is 0.987. The van der Waals surface area contributed by atoms with Gasteiger partial charge in [0.05, 0.1) is 11.9 Å². The predicted octanol–water partition coefficient (Wildman–Crippen LogP) is 2.93. The second kappa shape index (κ2) is 11.6. The molecule has 1 N–H and O–H groups in total. The van der Waals surface area contributed by atoms with E-state index in [1.807, 2.05) is 37.3 Å². The molecule has 0 aromatic heterocycles. The van der Waals surface area contributed by atoms with Crippen molar-refractivity contribution in [1.82, 2.24) is 10.2 Å². The molecule has 32 heavy (non-hydrogen) atoms. The van der Waals surface area contributed by atoms with E-state index >= 15 is 0 Å². The molecule has 2 amide bonds. The zero-order valence-corrected chi connectivity index (χ0v) is 19.4. The molecule has 0 heterocycles. The average Bonchev–Trinajstić information content (AvgIpc) is 2.76. The van der Waals surface area contributed by atoms with Crippen LogP contribution in [0, 0.1) is 5.82 Å². The number of carbonyl (C=O) groups is 2. The first-order chi connectivity index (χ1) is 15.2. The first-order valence-corrected chi connectivity index (χ1v) is 12.4. The van der Waals surface area contributed by atoms with Crippen molar-refractivity contribution in [2.45, 2.75) is 39.3 Å². The van der Waals surface area contributed by atoms with Crippen LogP contribution in [0.15, 0.2) is 54.6 Å². The number of amides is 2. The summed E-state index contributed by atoms with van der Waals surface area (Å²) in [7, 11) is -3.84. The molecule has 2 aromatic carbocycles. The molecule has 0 aliphatic heterocycles. The minimum Gasteiger partial charge on any atom is -0.354 e. The third-order valence-corrected chi connectivity index (χ3v) is 6.07. The number of halogens is 1. The summed E-state index contributed by atoms with van der Waals surface area (Å²) in [5.74, 6) is -1.33. The molecule has 0 unspecified atom stereocenters. The lowest BCUT2D eigenvalue weighted by molar-refractivity contribution is -0.140. The summed E-state index contributed by atoms with van der Waals surface area (Å²) in [6.45, 7) is 3.86. The Morgan fingerprint density at radius 1 is 1.03 bits per heavy atom. The minimum atomic E-state index is -3.84. The maximum Gasteiger partial charge on any atom is 0.244 e. The van der Waals surface area contributed by atoms with Crippen molar-refractivity contribution in [2.75, 3.05) is 23.7 Å². The Morgan fingerprint density at radius 3 is 2.19 bits per heavy atom. The molecule has 174 valence electrons. The van der Waals surface area contributed by atoms with Gasteiger partial charge in [0, 0.05) is 13.1 Å². The maximum atomic E-state index is 13.4. The second-order valence-electron chi connectivity index (χ2n) is 7.47. The summed E-state index contributed by atoms with van der Waals surface area (Å²) >= 11 is 0. The smallest absolute Gasteiger partial charge is 0.244 e. The van der Waals surface area contributed by atoms with E-state index in [4.69, 9.17) is 0 Å². The van der Waals surface area contributed by atoms with Crippen molar-refractivity contribution in [3.63, 3.8) is 0 Å². The highest BCUT2D eigenvalue weighted by Crippen LogP contribution is 2.20. The van der Waals surface area contributed by atoms with Crippen LogP contribution in [0.1, 0.15) is 32.3 Å². The number of carbonyl (C=O) groups excluding carboxylic acids is 2. The monoisotopic (exact) mass is 463 g/mol. The highest BCUT2D eigenvalue weighted by molar-refractivity contribution is 7.92. The van der Waals surface area contributed by atoms with E-state index in [-0.39, 0.29) is 18.1 Å². The Kier molecular flexibility index (Phi) is 9.19. The van der Waals surface area contributed by atoms with Crippen LogP contribution < -0.4 is 9.62 Å². The molecule has 0 saturated carbocycles. The molecule has 7 nitrogen and oxygen atoms in total. The molecule has 2 rings (SSSR count). The van der Waals surface area contributed by atoms with E-state index in [2.05, 4.69) is 5.32 Å². The lowest BCUT2D eigenvalue weighted by Gasteiger charge is -2.32. The fraction of sp³-hybridized carbons (Fsp3) is 0.391. The molecule has 0 radical (unpaired) electrons. The minimum absolute atomic E-state index is 0.152. The Morgan fingerprint density at radius 2 is 1.66 bits per heavy atom. The largest absolute Gasteiger partial charge is 0.354 e. The molecule has 1 atom stereocenters. The molecular weight excluding hydrogens is 433 g/mol. The van der Waals surface area contributed by atoms with E-state index in [9.17, 15) is 22.4 Å². The first kappa shape index (κ1) is 25.3. The summed E-state index contributed by atoms with van der Waals surface area (Å²) in [6, 6.07) is 13.3. The van der Waals surface area contributed by atoms with Crippen molar-refractivity contribution in [3.05, 3.63) is 66.0 Å². The van der Waals surface area contributed by atoms with Crippen molar-refractivity contribution in [2.24, 2.45) is 0 Å². The van der Waals surface area contributed by atoms with Crippen LogP contribution in [-0.4, -0.2) is 50.5 Å². The summed E-state index contributed by atoms with van der Waals surface area (Å²) < 4.78 is 39.1. The zero-order chi connectivity index (χ0) is 23.7. The fourth-order valence-electron chi connectivity index (χ4n) is 3.29. The van der Waals surface area contributed by atoms with Crippen molar-refractivity contribution >= 4 is 27.5 Å². The lowest BCUT2D eigenvalue weighted by atomic mass is 10.1. The summed E-state index contributed by atoms with van der Waals surface area (Å²) in [4.78, 5) is 27.6. The van der Waals surface area contributed by atoms with Gasteiger partial charge in [0.2, 0.25) is 21.8 Å². The molecule has 0 aliphatic carbocycles. The van der Waals surface area contributed by atoms with Crippen LogP contribution in [-0.2, 0) is 26.2 Å². The lowest BCUT2D eigenvalue weighted by Crippen LogP contribution is -2.52. The number of sulfonamides is 1. The number of hydrogen-bond donors (Lipinski definition) is 1. The van der Waals surface area contributed by atoms with E-state index in [0.29, 0.717) is 13.0 Å². The predicted molar refractivity (Wildman–Crippen MR) is 123 cm³/mol. The SMILES string of the molecule is CCCNC(=O)[C@H](CC)N(Cc1ccccc1)C(=O)CN(c1ccc(F)cc1)S(C)(=O)=O.